The topological polar surface area (TPSA) is 81.3 Å². The Morgan fingerprint density at radius 1 is 1.27 bits per heavy atom. The van der Waals surface area contributed by atoms with Crippen molar-refractivity contribution in [2.45, 2.75) is 31.8 Å². The minimum absolute atomic E-state index is 0.118. The van der Waals surface area contributed by atoms with E-state index < -0.39 is 5.82 Å². The average molecular weight is 356 g/mol. The molecule has 1 fully saturated rings. The summed E-state index contributed by atoms with van der Waals surface area (Å²) >= 11 is 0. The van der Waals surface area contributed by atoms with Crippen LogP contribution in [-0.4, -0.2) is 46.5 Å². The van der Waals surface area contributed by atoms with Crippen LogP contribution in [0, 0.1) is 5.82 Å². The van der Waals surface area contributed by atoms with Crippen molar-refractivity contribution in [3.8, 4) is 17.0 Å². The van der Waals surface area contributed by atoms with Gasteiger partial charge in [0.1, 0.15) is 11.8 Å². The number of hydrogen-bond donors (Lipinski definition) is 1. The van der Waals surface area contributed by atoms with Gasteiger partial charge < -0.3 is 15.4 Å². The van der Waals surface area contributed by atoms with Crippen LogP contribution in [0.5, 0.6) is 5.75 Å². The Balaban J connectivity index is 1.63. The van der Waals surface area contributed by atoms with E-state index in [1.54, 1.807) is 11.1 Å². The van der Waals surface area contributed by atoms with E-state index in [-0.39, 0.29) is 17.8 Å². The Kier molecular flexibility index (Phi) is 4.55. The molecule has 0 saturated carbocycles. The van der Waals surface area contributed by atoms with Crippen LogP contribution in [-0.2, 0) is 6.42 Å². The van der Waals surface area contributed by atoms with E-state index in [4.69, 9.17) is 10.5 Å². The third kappa shape index (κ3) is 3.14. The fourth-order valence-electron chi connectivity index (χ4n) is 3.53. The second kappa shape index (κ2) is 6.99. The van der Waals surface area contributed by atoms with Crippen LogP contribution in [0.1, 0.15) is 35.3 Å². The van der Waals surface area contributed by atoms with E-state index >= 15 is 0 Å². The summed E-state index contributed by atoms with van der Waals surface area (Å²) < 4.78 is 19.9. The number of likely N-dealkylation sites (tertiary alicyclic amines) is 1. The Morgan fingerprint density at radius 3 is 2.85 bits per heavy atom. The number of carbonyl (C=O) groups excluding carboxylic acids is 1. The van der Waals surface area contributed by atoms with Gasteiger partial charge in [-0.05, 0) is 31.4 Å². The molecular formula is C19H21FN4O2. The number of nitrogens with zero attached hydrogens (tertiary/aromatic N) is 3. The molecule has 0 aliphatic carbocycles. The van der Waals surface area contributed by atoms with Crippen molar-refractivity contribution in [3.05, 3.63) is 41.6 Å². The predicted octanol–water partition coefficient (Wildman–Crippen LogP) is 2.17. The van der Waals surface area contributed by atoms with Gasteiger partial charge in [-0.2, -0.15) is 0 Å². The molecule has 6 nitrogen and oxygen atoms in total. The van der Waals surface area contributed by atoms with E-state index in [2.05, 4.69) is 9.97 Å². The standard InChI is InChI=1S/C19H21FN4O2/c20-15-8-12(6-13-7-14(9-21)26-18(13)15)16-10-22-11-17(23-16)19(25)24-4-2-1-3-5-24/h6,8,10-11,14H,1-5,7,9,21H2. The summed E-state index contributed by atoms with van der Waals surface area (Å²) in [5, 5.41) is 0. The molecule has 4 rings (SSSR count). The number of aromatic nitrogens is 2. The molecule has 0 radical (unpaired) electrons. The number of rotatable bonds is 3. The van der Waals surface area contributed by atoms with Gasteiger partial charge in [-0.3, -0.25) is 9.78 Å². The molecule has 2 aliphatic rings. The molecule has 1 amide bonds. The zero-order chi connectivity index (χ0) is 18.1. The first-order valence-electron chi connectivity index (χ1n) is 8.96. The summed E-state index contributed by atoms with van der Waals surface area (Å²) in [6, 6.07) is 3.21. The zero-order valence-electron chi connectivity index (χ0n) is 14.4. The Hall–Kier alpha value is -2.54. The number of carbonyl (C=O) groups is 1. The highest BCUT2D eigenvalue weighted by atomic mass is 19.1. The lowest BCUT2D eigenvalue weighted by Crippen LogP contribution is -2.36. The van der Waals surface area contributed by atoms with Gasteiger partial charge in [-0.25, -0.2) is 9.37 Å². The van der Waals surface area contributed by atoms with Crippen LogP contribution in [0.2, 0.25) is 0 Å². The third-order valence-corrected chi connectivity index (χ3v) is 4.91. The van der Waals surface area contributed by atoms with Crippen molar-refractivity contribution in [3.63, 3.8) is 0 Å². The second-order valence-electron chi connectivity index (χ2n) is 6.77. The molecule has 0 bridgehead atoms. The minimum Gasteiger partial charge on any atom is -0.485 e. The SMILES string of the molecule is NCC1Cc2cc(-c3cncc(C(=O)N4CCCCC4)n3)cc(F)c2O1. The number of ether oxygens (including phenoxy) is 1. The van der Waals surface area contributed by atoms with E-state index in [0.29, 0.717) is 29.9 Å². The molecule has 2 N–H and O–H groups in total. The number of amides is 1. The fraction of sp³-hybridized carbons (Fsp3) is 0.421. The monoisotopic (exact) mass is 356 g/mol. The molecule has 2 aromatic rings. The van der Waals surface area contributed by atoms with E-state index in [1.165, 1.54) is 12.3 Å². The average Bonchev–Trinajstić information content (AvgIpc) is 3.12. The van der Waals surface area contributed by atoms with E-state index in [1.807, 2.05) is 6.07 Å². The fourth-order valence-corrected chi connectivity index (χ4v) is 3.53. The molecule has 0 spiro atoms. The molecule has 1 atom stereocenters. The Morgan fingerprint density at radius 2 is 2.08 bits per heavy atom. The number of piperidine rings is 1. The summed E-state index contributed by atoms with van der Waals surface area (Å²) in [5.41, 5.74) is 7.75. The number of halogens is 1. The smallest absolute Gasteiger partial charge is 0.274 e. The molecule has 1 aromatic heterocycles. The zero-order valence-corrected chi connectivity index (χ0v) is 14.4. The van der Waals surface area contributed by atoms with Crippen molar-refractivity contribution in [1.29, 1.82) is 0 Å². The van der Waals surface area contributed by atoms with Gasteiger partial charge in [0.25, 0.3) is 5.91 Å². The maximum absolute atomic E-state index is 14.4. The van der Waals surface area contributed by atoms with Crippen LogP contribution in [0.15, 0.2) is 24.5 Å². The van der Waals surface area contributed by atoms with Crippen LogP contribution in [0.25, 0.3) is 11.3 Å². The third-order valence-electron chi connectivity index (χ3n) is 4.91. The van der Waals surface area contributed by atoms with Crippen molar-refractivity contribution >= 4 is 5.91 Å². The summed E-state index contributed by atoms with van der Waals surface area (Å²) in [5.74, 6) is -0.298. The lowest BCUT2D eigenvalue weighted by molar-refractivity contribution is 0.0718. The van der Waals surface area contributed by atoms with Crippen LogP contribution in [0.4, 0.5) is 4.39 Å². The molecule has 3 heterocycles. The number of benzene rings is 1. The molecule has 26 heavy (non-hydrogen) atoms. The summed E-state index contributed by atoms with van der Waals surface area (Å²) in [6.45, 7) is 1.83. The summed E-state index contributed by atoms with van der Waals surface area (Å²) in [4.78, 5) is 23.0. The molecule has 136 valence electrons. The van der Waals surface area contributed by atoms with Crippen LogP contribution < -0.4 is 10.5 Å². The predicted molar refractivity (Wildman–Crippen MR) is 94.4 cm³/mol. The number of hydrogen-bond acceptors (Lipinski definition) is 5. The van der Waals surface area contributed by atoms with Gasteiger partial charge in [0.2, 0.25) is 0 Å². The van der Waals surface area contributed by atoms with Gasteiger partial charge >= 0.3 is 0 Å². The first kappa shape index (κ1) is 16.9. The van der Waals surface area contributed by atoms with Crippen molar-refractivity contribution in [2.75, 3.05) is 19.6 Å². The van der Waals surface area contributed by atoms with Crippen molar-refractivity contribution < 1.29 is 13.9 Å². The van der Waals surface area contributed by atoms with Crippen LogP contribution >= 0.6 is 0 Å². The van der Waals surface area contributed by atoms with Gasteiger partial charge in [0.05, 0.1) is 18.1 Å². The lowest BCUT2D eigenvalue weighted by atomic mass is 10.0. The Labute approximate surface area is 151 Å². The molecule has 1 unspecified atom stereocenters. The maximum atomic E-state index is 14.4. The number of nitrogens with two attached hydrogens (primary N) is 1. The van der Waals surface area contributed by atoms with E-state index in [0.717, 1.165) is 37.9 Å². The van der Waals surface area contributed by atoms with Crippen molar-refractivity contribution in [1.82, 2.24) is 14.9 Å². The van der Waals surface area contributed by atoms with Crippen molar-refractivity contribution in [2.24, 2.45) is 5.73 Å². The van der Waals surface area contributed by atoms with E-state index in [9.17, 15) is 9.18 Å². The molecule has 7 heteroatoms. The summed E-state index contributed by atoms with van der Waals surface area (Å²) in [7, 11) is 0. The quantitative estimate of drug-likeness (QED) is 0.911. The van der Waals surface area contributed by atoms with Gasteiger partial charge in [0, 0.05) is 37.2 Å². The lowest BCUT2D eigenvalue weighted by Gasteiger charge is -2.26. The Bertz CT molecular complexity index is 836. The first-order chi connectivity index (χ1) is 12.7. The largest absolute Gasteiger partial charge is 0.485 e. The minimum atomic E-state index is -0.442. The van der Waals surface area contributed by atoms with Gasteiger partial charge in [-0.1, -0.05) is 0 Å². The highest BCUT2D eigenvalue weighted by molar-refractivity contribution is 5.92. The molecule has 1 aromatic carbocycles. The highest BCUT2D eigenvalue weighted by Crippen LogP contribution is 2.35. The number of fused-ring (bicyclic) bond motifs is 1. The molecule has 2 aliphatic heterocycles. The maximum Gasteiger partial charge on any atom is 0.274 e. The molecule has 1 saturated heterocycles. The normalized spacial score (nSPS) is 19.2. The molecular weight excluding hydrogens is 335 g/mol. The van der Waals surface area contributed by atoms with Crippen LogP contribution in [0.3, 0.4) is 0 Å². The van der Waals surface area contributed by atoms with Gasteiger partial charge in [-0.15, -0.1) is 0 Å². The highest BCUT2D eigenvalue weighted by Gasteiger charge is 2.26. The van der Waals surface area contributed by atoms with Gasteiger partial charge in [0.15, 0.2) is 11.6 Å². The summed E-state index contributed by atoms with van der Waals surface area (Å²) in [6.07, 6.45) is 6.55. The second-order valence-corrected chi connectivity index (χ2v) is 6.77. The first-order valence-corrected chi connectivity index (χ1v) is 8.96.